The van der Waals surface area contributed by atoms with Crippen LogP contribution < -0.4 is 10.2 Å². The van der Waals surface area contributed by atoms with E-state index < -0.39 is 16.3 Å². The number of halogens is 1. The van der Waals surface area contributed by atoms with Gasteiger partial charge >= 0.3 is 0 Å². The van der Waals surface area contributed by atoms with E-state index in [0.29, 0.717) is 46.1 Å². The topological polar surface area (TPSA) is 89.2 Å². The van der Waals surface area contributed by atoms with Crippen LogP contribution in [0.3, 0.4) is 0 Å². The average molecular weight is 497 g/mol. The zero-order valence-electron chi connectivity index (χ0n) is 19.1. The Bertz CT molecular complexity index is 1170. The molecule has 0 radical (unpaired) electrons. The Labute approximate surface area is 207 Å². The molecule has 3 atom stereocenters. The minimum atomic E-state index is -1.17. The highest BCUT2D eigenvalue weighted by Crippen LogP contribution is 2.50. The van der Waals surface area contributed by atoms with E-state index in [1.54, 1.807) is 0 Å². The predicted molar refractivity (Wildman–Crippen MR) is 134 cm³/mol. The number of hydrogen-bond acceptors (Lipinski definition) is 6. The molecule has 2 saturated carbocycles. The zero-order chi connectivity index (χ0) is 23.4. The van der Waals surface area contributed by atoms with Crippen molar-refractivity contribution in [2.75, 3.05) is 35.7 Å². The van der Waals surface area contributed by atoms with Gasteiger partial charge in [-0.3, -0.25) is 4.21 Å². The average Bonchev–Trinajstić information content (AvgIpc) is 3.32. The molecule has 3 fully saturated rings. The lowest BCUT2D eigenvalue weighted by Gasteiger charge is -2.43. The van der Waals surface area contributed by atoms with Crippen molar-refractivity contribution in [3.8, 4) is 6.07 Å². The van der Waals surface area contributed by atoms with Crippen LogP contribution in [0.25, 0.3) is 0 Å². The molecule has 6 nitrogen and oxygen atoms in total. The van der Waals surface area contributed by atoms with Crippen LogP contribution in [-0.2, 0) is 17.2 Å². The molecule has 2 bridgehead atoms. The van der Waals surface area contributed by atoms with Crippen molar-refractivity contribution >= 4 is 33.9 Å². The third-order valence-electron chi connectivity index (χ3n) is 8.46. The lowest BCUT2D eigenvalue weighted by atomic mass is 9.77. The first-order chi connectivity index (χ1) is 16.5. The van der Waals surface area contributed by atoms with Crippen LogP contribution in [-0.4, -0.2) is 45.3 Å². The van der Waals surface area contributed by atoms with Crippen molar-refractivity contribution in [2.45, 2.75) is 54.9 Å². The predicted octanol–water partition coefficient (Wildman–Crippen LogP) is 4.23. The molecular formula is C26H29ClN4O2S. The van der Waals surface area contributed by atoms with Gasteiger partial charge in [0.2, 0.25) is 0 Å². The van der Waals surface area contributed by atoms with Gasteiger partial charge in [0, 0.05) is 30.3 Å². The first kappa shape index (κ1) is 22.3. The van der Waals surface area contributed by atoms with E-state index in [9.17, 15) is 14.6 Å². The highest BCUT2D eigenvalue weighted by atomic mass is 35.5. The van der Waals surface area contributed by atoms with Crippen LogP contribution in [0.4, 0.5) is 11.5 Å². The number of nitrogens with zero attached hydrogens (tertiary/aromatic N) is 3. The fourth-order valence-electron chi connectivity index (χ4n) is 6.58. The molecule has 2 N–H and O–H groups in total. The Kier molecular flexibility index (Phi) is 5.59. The van der Waals surface area contributed by atoms with Gasteiger partial charge in [-0.25, -0.2) is 4.98 Å². The Hall–Kier alpha value is -2.14. The molecule has 178 valence electrons. The summed E-state index contributed by atoms with van der Waals surface area (Å²) >= 11 is 6.13. The fraction of sp³-hybridized carbons (Fsp3) is 0.538. The molecule has 2 unspecified atom stereocenters. The molecule has 2 aromatic rings. The number of aliphatic hydroxyl groups is 1. The molecule has 34 heavy (non-hydrogen) atoms. The fourth-order valence-corrected chi connectivity index (χ4v) is 8.08. The first-order valence-electron chi connectivity index (χ1n) is 12.3. The summed E-state index contributed by atoms with van der Waals surface area (Å²) in [5.41, 5.74) is 2.91. The van der Waals surface area contributed by atoms with Gasteiger partial charge in [-0.2, -0.15) is 5.26 Å². The Morgan fingerprint density at radius 1 is 1.24 bits per heavy atom. The second-order valence-corrected chi connectivity index (χ2v) is 12.3. The van der Waals surface area contributed by atoms with Gasteiger partial charge in [-0.15, -0.1) is 0 Å². The first-order valence-corrected chi connectivity index (χ1v) is 14.0. The second kappa shape index (κ2) is 8.51. The summed E-state index contributed by atoms with van der Waals surface area (Å²) in [5.74, 6) is 2.78. The summed E-state index contributed by atoms with van der Waals surface area (Å²) < 4.78 is 12.9. The van der Waals surface area contributed by atoms with Gasteiger partial charge in [-0.1, -0.05) is 23.7 Å². The standard InChI is InChI=1S/C26H29ClN4O2S/c27-19-6-4-16(5-7-19)22-17-2-3-18(22)14-31(13-17)25-20(12-28)23(30-26(15-32)9-1-10-26)24-21(29-25)8-11-34(24)33/h4-7,17-18,22,32H,1-3,8-11,13-15H2,(H,29,30)/t17?,18?,22?,34-/m0/s1. The lowest BCUT2D eigenvalue weighted by Crippen LogP contribution is -2.49. The van der Waals surface area contributed by atoms with E-state index in [1.807, 2.05) is 12.1 Å². The van der Waals surface area contributed by atoms with Crippen LogP contribution >= 0.6 is 11.6 Å². The molecule has 3 heterocycles. The number of nitrogens with one attached hydrogen (secondary N) is 1. The lowest BCUT2D eigenvalue weighted by molar-refractivity contribution is 0.144. The monoisotopic (exact) mass is 496 g/mol. The van der Waals surface area contributed by atoms with Crippen LogP contribution in [0.2, 0.25) is 5.02 Å². The SMILES string of the molecule is N#Cc1c(N2CC3CCC(C2)C3c2ccc(Cl)cc2)nc2c(c1NC1(CO)CCC1)[S@@](=O)CC2. The molecule has 6 rings (SSSR count). The number of anilines is 2. The maximum atomic E-state index is 12.9. The van der Waals surface area contributed by atoms with Crippen LogP contribution in [0.15, 0.2) is 29.2 Å². The number of aryl methyl sites for hydroxylation is 1. The van der Waals surface area contributed by atoms with Gasteiger partial charge in [0.25, 0.3) is 0 Å². The number of nitriles is 1. The summed E-state index contributed by atoms with van der Waals surface area (Å²) in [6, 6.07) is 10.7. The molecule has 0 amide bonds. The molecule has 2 aliphatic carbocycles. The molecular weight excluding hydrogens is 468 g/mol. The van der Waals surface area contributed by atoms with E-state index in [4.69, 9.17) is 16.6 Å². The van der Waals surface area contributed by atoms with Crippen molar-refractivity contribution in [1.82, 2.24) is 4.98 Å². The Morgan fingerprint density at radius 3 is 2.53 bits per heavy atom. The summed E-state index contributed by atoms with van der Waals surface area (Å²) in [7, 11) is -1.17. The third-order valence-corrected chi connectivity index (χ3v) is 10.2. The van der Waals surface area contributed by atoms with E-state index in [2.05, 4.69) is 28.4 Å². The van der Waals surface area contributed by atoms with Crippen LogP contribution in [0.1, 0.15) is 54.8 Å². The van der Waals surface area contributed by atoms with Gasteiger partial charge < -0.3 is 15.3 Å². The van der Waals surface area contributed by atoms with E-state index >= 15 is 0 Å². The largest absolute Gasteiger partial charge is 0.394 e. The van der Waals surface area contributed by atoms with E-state index in [1.165, 1.54) is 18.4 Å². The van der Waals surface area contributed by atoms with Crippen molar-refractivity contribution < 1.29 is 9.32 Å². The van der Waals surface area contributed by atoms with Crippen LogP contribution in [0.5, 0.6) is 0 Å². The van der Waals surface area contributed by atoms with E-state index in [-0.39, 0.29) is 6.61 Å². The zero-order valence-corrected chi connectivity index (χ0v) is 20.7. The molecule has 1 aromatic heterocycles. The normalized spacial score (nSPS) is 28.8. The summed E-state index contributed by atoms with van der Waals surface area (Å²) in [6.45, 7) is 1.73. The maximum Gasteiger partial charge on any atom is 0.149 e. The van der Waals surface area contributed by atoms with Crippen molar-refractivity contribution in [1.29, 1.82) is 5.26 Å². The Morgan fingerprint density at radius 2 is 1.94 bits per heavy atom. The summed E-state index contributed by atoms with van der Waals surface area (Å²) in [6.07, 6.45) is 5.75. The number of aliphatic hydroxyl groups excluding tert-OH is 1. The van der Waals surface area contributed by atoms with Gasteiger partial charge in [0.1, 0.15) is 17.5 Å². The van der Waals surface area contributed by atoms with Gasteiger partial charge in [-0.05, 0) is 67.6 Å². The van der Waals surface area contributed by atoms with E-state index in [0.717, 1.165) is 48.9 Å². The number of benzene rings is 1. The highest BCUT2D eigenvalue weighted by molar-refractivity contribution is 7.85. The Balaban J connectivity index is 1.37. The number of piperidine rings is 1. The van der Waals surface area contributed by atoms with Gasteiger partial charge in [0.15, 0.2) is 0 Å². The van der Waals surface area contributed by atoms with Crippen molar-refractivity contribution in [3.63, 3.8) is 0 Å². The summed E-state index contributed by atoms with van der Waals surface area (Å²) in [4.78, 5) is 7.93. The van der Waals surface area contributed by atoms with Crippen LogP contribution in [0, 0.1) is 23.2 Å². The molecule has 0 spiro atoms. The number of fused-ring (bicyclic) bond motifs is 3. The minimum absolute atomic E-state index is 0.00751. The molecule has 1 saturated heterocycles. The number of pyridine rings is 1. The van der Waals surface area contributed by atoms with Gasteiger partial charge in [0.05, 0.1) is 39.2 Å². The molecule has 1 aromatic carbocycles. The summed E-state index contributed by atoms with van der Waals surface area (Å²) in [5, 5.41) is 24.6. The third kappa shape index (κ3) is 3.54. The number of hydrogen-bond donors (Lipinski definition) is 2. The van der Waals surface area contributed by atoms with Crippen molar-refractivity contribution in [3.05, 3.63) is 46.1 Å². The number of aromatic nitrogens is 1. The number of rotatable bonds is 5. The molecule has 8 heteroatoms. The minimum Gasteiger partial charge on any atom is -0.394 e. The molecule has 2 aliphatic heterocycles. The smallest absolute Gasteiger partial charge is 0.149 e. The maximum absolute atomic E-state index is 12.9. The second-order valence-electron chi connectivity index (χ2n) is 10.4. The molecule has 4 aliphatic rings. The van der Waals surface area contributed by atoms with Crippen molar-refractivity contribution in [2.24, 2.45) is 11.8 Å². The highest BCUT2D eigenvalue weighted by Gasteiger charge is 2.45. The quantitative estimate of drug-likeness (QED) is 0.644.